The van der Waals surface area contributed by atoms with E-state index in [1.807, 2.05) is 16.8 Å². The summed E-state index contributed by atoms with van der Waals surface area (Å²) < 4.78 is 32.1. The Morgan fingerprint density at radius 2 is 1.79 bits per heavy atom. The molecule has 0 atom stereocenters. The molecule has 1 heterocycles. The van der Waals surface area contributed by atoms with Crippen molar-refractivity contribution in [1.82, 2.24) is 9.55 Å². The molecular formula is C18H16N2O3S. The molecule has 0 bridgehead atoms. The summed E-state index contributed by atoms with van der Waals surface area (Å²) in [5.41, 5.74) is 3.23. The van der Waals surface area contributed by atoms with Gasteiger partial charge in [-0.05, 0) is 66.8 Å². The molecule has 122 valence electrons. The fourth-order valence-electron chi connectivity index (χ4n) is 2.96. The van der Waals surface area contributed by atoms with Crippen LogP contribution in [0.2, 0.25) is 0 Å². The fourth-order valence-corrected chi connectivity index (χ4v) is 3.95. The van der Waals surface area contributed by atoms with Crippen molar-refractivity contribution in [1.29, 1.82) is 0 Å². The van der Waals surface area contributed by atoms with Gasteiger partial charge in [0.2, 0.25) is 0 Å². The van der Waals surface area contributed by atoms with Crippen LogP contribution in [-0.4, -0.2) is 18.0 Å². The average molecular weight is 340 g/mol. The first-order valence-electron chi connectivity index (χ1n) is 7.76. The zero-order chi connectivity index (χ0) is 16.6. The highest BCUT2D eigenvalue weighted by molar-refractivity contribution is 7.87. The van der Waals surface area contributed by atoms with Gasteiger partial charge in [0.05, 0.1) is 6.33 Å². The Morgan fingerprint density at radius 3 is 2.54 bits per heavy atom. The number of nitrogens with zero attached hydrogens (tertiary/aromatic N) is 2. The standard InChI is InChI=1S/C18H16N2O3S/c21-24(22,18-9-4-14-2-1-3-15(14)12-18)23-17-7-5-16(6-8-17)20-11-10-19-13-20/h4-13H,1-3H2. The molecular weight excluding hydrogens is 324 g/mol. The number of rotatable bonds is 4. The first-order chi connectivity index (χ1) is 11.6. The number of benzene rings is 2. The van der Waals surface area contributed by atoms with E-state index in [-0.39, 0.29) is 4.90 Å². The second-order valence-corrected chi connectivity index (χ2v) is 7.33. The van der Waals surface area contributed by atoms with Gasteiger partial charge in [0.1, 0.15) is 10.6 Å². The summed E-state index contributed by atoms with van der Waals surface area (Å²) >= 11 is 0. The van der Waals surface area contributed by atoms with Crippen LogP contribution in [-0.2, 0) is 23.0 Å². The van der Waals surface area contributed by atoms with Crippen LogP contribution >= 0.6 is 0 Å². The third-order valence-corrected chi connectivity index (χ3v) is 5.45. The highest BCUT2D eigenvalue weighted by Gasteiger charge is 2.20. The predicted octanol–water partition coefficient (Wildman–Crippen LogP) is 3.13. The zero-order valence-corrected chi connectivity index (χ0v) is 13.7. The smallest absolute Gasteiger partial charge is 0.339 e. The minimum atomic E-state index is -3.82. The van der Waals surface area contributed by atoms with Crippen LogP contribution in [0.5, 0.6) is 5.75 Å². The number of hydrogen-bond acceptors (Lipinski definition) is 4. The lowest BCUT2D eigenvalue weighted by molar-refractivity contribution is 0.486. The molecule has 0 N–H and O–H groups in total. The van der Waals surface area contributed by atoms with Gasteiger partial charge in [-0.15, -0.1) is 0 Å². The molecule has 0 aliphatic heterocycles. The number of aryl methyl sites for hydroxylation is 2. The van der Waals surface area contributed by atoms with E-state index in [4.69, 9.17) is 4.18 Å². The summed E-state index contributed by atoms with van der Waals surface area (Å²) in [6.45, 7) is 0. The van der Waals surface area contributed by atoms with Gasteiger partial charge in [-0.2, -0.15) is 8.42 Å². The largest absolute Gasteiger partial charge is 0.379 e. The van der Waals surface area contributed by atoms with Crippen LogP contribution in [0.25, 0.3) is 5.69 Å². The van der Waals surface area contributed by atoms with Crippen molar-refractivity contribution >= 4 is 10.1 Å². The van der Waals surface area contributed by atoms with Crippen LogP contribution in [0.15, 0.2) is 66.1 Å². The normalized spacial score (nSPS) is 13.7. The van der Waals surface area contributed by atoms with Crippen molar-refractivity contribution in [2.75, 3.05) is 0 Å². The average Bonchev–Trinajstić information content (AvgIpc) is 3.26. The molecule has 5 nitrogen and oxygen atoms in total. The summed E-state index contributed by atoms with van der Waals surface area (Å²) in [5.74, 6) is 0.291. The Balaban J connectivity index is 1.57. The van der Waals surface area contributed by atoms with Crippen molar-refractivity contribution in [3.8, 4) is 11.4 Å². The van der Waals surface area contributed by atoms with Crippen molar-refractivity contribution in [3.63, 3.8) is 0 Å². The second kappa shape index (κ2) is 5.79. The van der Waals surface area contributed by atoms with Crippen LogP contribution in [0.3, 0.4) is 0 Å². The summed E-state index contributed by atoms with van der Waals surface area (Å²) in [6.07, 6.45) is 8.21. The Morgan fingerprint density at radius 1 is 1.00 bits per heavy atom. The van der Waals surface area contributed by atoms with Crippen LogP contribution < -0.4 is 4.18 Å². The molecule has 0 spiro atoms. The lowest BCUT2D eigenvalue weighted by Crippen LogP contribution is -2.10. The molecule has 1 aliphatic rings. The number of imidazole rings is 1. The molecule has 0 saturated heterocycles. The van der Waals surface area contributed by atoms with Gasteiger partial charge >= 0.3 is 10.1 Å². The molecule has 1 aromatic heterocycles. The van der Waals surface area contributed by atoms with Crippen LogP contribution in [0.4, 0.5) is 0 Å². The zero-order valence-electron chi connectivity index (χ0n) is 12.9. The van der Waals surface area contributed by atoms with E-state index in [2.05, 4.69) is 4.98 Å². The third-order valence-electron chi connectivity index (χ3n) is 4.20. The highest BCUT2D eigenvalue weighted by atomic mass is 32.2. The van der Waals surface area contributed by atoms with Gasteiger partial charge in [0.15, 0.2) is 0 Å². The van der Waals surface area contributed by atoms with E-state index in [1.54, 1.807) is 48.9 Å². The molecule has 0 radical (unpaired) electrons. The maximum Gasteiger partial charge on any atom is 0.339 e. The summed E-state index contributed by atoms with van der Waals surface area (Å²) in [4.78, 5) is 4.19. The molecule has 0 amide bonds. The lowest BCUT2D eigenvalue weighted by Gasteiger charge is -2.09. The molecule has 0 unspecified atom stereocenters. The molecule has 24 heavy (non-hydrogen) atoms. The van der Waals surface area contributed by atoms with Crippen molar-refractivity contribution in [2.45, 2.75) is 24.2 Å². The second-order valence-electron chi connectivity index (χ2n) is 5.79. The summed E-state index contributed by atoms with van der Waals surface area (Å²) in [7, 11) is -3.82. The molecule has 1 aliphatic carbocycles. The van der Waals surface area contributed by atoms with Gasteiger partial charge in [-0.25, -0.2) is 4.98 Å². The summed E-state index contributed by atoms with van der Waals surface area (Å²) in [5, 5.41) is 0. The van der Waals surface area contributed by atoms with Gasteiger partial charge in [-0.1, -0.05) is 6.07 Å². The van der Waals surface area contributed by atoms with E-state index >= 15 is 0 Å². The Kier molecular flexibility index (Phi) is 3.61. The Bertz CT molecular complexity index is 962. The molecule has 3 aromatic rings. The van der Waals surface area contributed by atoms with Gasteiger partial charge in [0.25, 0.3) is 0 Å². The third kappa shape index (κ3) is 2.80. The van der Waals surface area contributed by atoms with E-state index in [9.17, 15) is 8.42 Å². The highest BCUT2D eigenvalue weighted by Crippen LogP contribution is 2.26. The molecule has 0 fully saturated rings. The molecule has 2 aromatic carbocycles. The first-order valence-corrected chi connectivity index (χ1v) is 9.17. The molecule has 4 rings (SSSR count). The van der Waals surface area contributed by atoms with Crippen LogP contribution in [0, 0.1) is 0 Å². The number of aromatic nitrogens is 2. The molecule has 0 saturated carbocycles. The minimum absolute atomic E-state index is 0.210. The van der Waals surface area contributed by atoms with E-state index < -0.39 is 10.1 Å². The minimum Gasteiger partial charge on any atom is -0.379 e. The monoisotopic (exact) mass is 340 g/mol. The topological polar surface area (TPSA) is 61.2 Å². The van der Waals surface area contributed by atoms with Crippen molar-refractivity contribution in [3.05, 3.63) is 72.3 Å². The predicted molar refractivity (Wildman–Crippen MR) is 89.8 cm³/mol. The quantitative estimate of drug-likeness (QED) is 0.685. The first kappa shape index (κ1) is 15.0. The number of fused-ring (bicyclic) bond motifs is 1. The van der Waals surface area contributed by atoms with Gasteiger partial charge < -0.3 is 8.75 Å². The SMILES string of the molecule is O=S(=O)(Oc1ccc(-n2ccnc2)cc1)c1ccc2c(c1)CCC2. The summed E-state index contributed by atoms with van der Waals surface area (Å²) in [6, 6.07) is 12.1. The van der Waals surface area contributed by atoms with E-state index in [0.29, 0.717) is 5.75 Å². The number of hydrogen-bond donors (Lipinski definition) is 0. The van der Waals surface area contributed by atoms with Crippen molar-refractivity contribution in [2.24, 2.45) is 0 Å². The fraction of sp³-hybridized carbons (Fsp3) is 0.167. The van der Waals surface area contributed by atoms with Gasteiger partial charge in [0, 0.05) is 18.1 Å². The maximum absolute atomic E-state index is 12.5. The lowest BCUT2D eigenvalue weighted by atomic mass is 10.1. The Labute approximate surface area is 140 Å². The van der Waals surface area contributed by atoms with E-state index in [1.165, 1.54) is 5.56 Å². The maximum atomic E-state index is 12.5. The van der Waals surface area contributed by atoms with Crippen molar-refractivity contribution < 1.29 is 12.6 Å². The van der Waals surface area contributed by atoms with Crippen LogP contribution in [0.1, 0.15) is 17.5 Å². The Hall–Kier alpha value is -2.60. The van der Waals surface area contributed by atoms with E-state index in [0.717, 1.165) is 30.5 Å². The molecule has 6 heteroatoms. The van der Waals surface area contributed by atoms with Gasteiger partial charge in [-0.3, -0.25) is 0 Å².